The molecule has 0 fully saturated rings. The number of carbonyl (C=O) groups excluding carboxylic acids is 1. The third-order valence-corrected chi connectivity index (χ3v) is 1.55. The van der Waals surface area contributed by atoms with Crippen LogP contribution in [0.3, 0.4) is 0 Å². The Hall–Kier alpha value is -2.02. The quantitative estimate of drug-likeness (QED) is 0.580. The van der Waals surface area contributed by atoms with E-state index in [1.807, 2.05) is 6.07 Å². The van der Waals surface area contributed by atoms with Crippen LogP contribution in [-0.2, 0) is 4.74 Å². The summed E-state index contributed by atoms with van der Waals surface area (Å²) in [5.74, 6) is -0.390. The molecule has 1 aromatic rings. The zero-order chi connectivity index (χ0) is 10.4. The van der Waals surface area contributed by atoms with E-state index in [2.05, 4.69) is 0 Å². The SMILES string of the molecule is N#CCCOC(=O)c1ccc(O)cc1. The molecule has 0 amide bonds. The van der Waals surface area contributed by atoms with Crippen molar-refractivity contribution in [1.82, 2.24) is 0 Å². The molecule has 0 saturated carbocycles. The number of benzene rings is 1. The summed E-state index contributed by atoms with van der Waals surface area (Å²) in [6, 6.07) is 7.60. The molecule has 1 aromatic carbocycles. The highest BCUT2D eigenvalue weighted by atomic mass is 16.5. The number of carbonyl (C=O) groups is 1. The third-order valence-electron chi connectivity index (χ3n) is 1.55. The van der Waals surface area contributed by atoms with Gasteiger partial charge in [-0.15, -0.1) is 0 Å². The van der Waals surface area contributed by atoms with Crippen molar-refractivity contribution in [1.29, 1.82) is 5.26 Å². The van der Waals surface area contributed by atoms with Crippen LogP contribution in [0.15, 0.2) is 24.3 Å². The zero-order valence-electron chi connectivity index (χ0n) is 7.43. The van der Waals surface area contributed by atoms with Crippen LogP contribution >= 0.6 is 0 Å². The Morgan fingerprint density at radius 1 is 1.43 bits per heavy atom. The Morgan fingerprint density at radius 3 is 2.64 bits per heavy atom. The minimum Gasteiger partial charge on any atom is -0.508 e. The first-order chi connectivity index (χ1) is 6.74. The molecule has 0 radical (unpaired) electrons. The van der Waals surface area contributed by atoms with Crippen LogP contribution in [0.1, 0.15) is 16.8 Å². The summed E-state index contributed by atoms with van der Waals surface area (Å²) in [5.41, 5.74) is 0.362. The van der Waals surface area contributed by atoms with Gasteiger partial charge in [0.15, 0.2) is 0 Å². The van der Waals surface area contributed by atoms with Gasteiger partial charge in [-0.2, -0.15) is 5.26 Å². The first-order valence-corrected chi connectivity index (χ1v) is 4.07. The lowest BCUT2D eigenvalue weighted by molar-refractivity contribution is 0.0513. The summed E-state index contributed by atoms with van der Waals surface area (Å²) in [5, 5.41) is 17.2. The molecule has 0 aliphatic carbocycles. The largest absolute Gasteiger partial charge is 0.508 e. The molecule has 1 N–H and O–H groups in total. The molecular weight excluding hydrogens is 182 g/mol. The molecular formula is C10H9NO3. The number of phenolic OH excluding ortho intramolecular Hbond substituents is 1. The van der Waals surface area contributed by atoms with Crippen molar-refractivity contribution in [3.05, 3.63) is 29.8 Å². The van der Waals surface area contributed by atoms with Gasteiger partial charge in [0.1, 0.15) is 12.4 Å². The molecule has 4 heteroatoms. The van der Waals surface area contributed by atoms with Crippen molar-refractivity contribution in [2.45, 2.75) is 6.42 Å². The number of rotatable bonds is 3. The summed E-state index contributed by atoms with van der Waals surface area (Å²) < 4.78 is 4.77. The molecule has 0 bridgehead atoms. The lowest BCUT2D eigenvalue weighted by atomic mass is 10.2. The van der Waals surface area contributed by atoms with Crippen molar-refractivity contribution < 1.29 is 14.6 Å². The fourth-order valence-corrected chi connectivity index (χ4v) is 0.870. The number of phenols is 1. The molecule has 0 aromatic heterocycles. The maximum absolute atomic E-state index is 11.2. The van der Waals surface area contributed by atoms with Crippen LogP contribution in [0.25, 0.3) is 0 Å². The lowest BCUT2D eigenvalue weighted by Crippen LogP contribution is -2.05. The Bertz CT molecular complexity index is 351. The number of ether oxygens (including phenoxy) is 1. The van der Waals surface area contributed by atoms with Gasteiger partial charge in [0.05, 0.1) is 18.1 Å². The summed E-state index contributed by atoms with van der Waals surface area (Å²) in [6.07, 6.45) is 0.184. The predicted octanol–water partition coefficient (Wildman–Crippen LogP) is 1.46. The van der Waals surface area contributed by atoms with Gasteiger partial charge in [-0.05, 0) is 24.3 Å². The third kappa shape index (κ3) is 2.79. The standard InChI is InChI=1S/C10H9NO3/c11-6-1-7-14-10(13)8-2-4-9(12)5-3-8/h2-5,12H,1,7H2. The highest BCUT2D eigenvalue weighted by Crippen LogP contribution is 2.10. The van der Waals surface area contributed by atoms with E-state index in [0.29, 0.717) is 5.56 Å². The molecule has 14 heavy (non-hydrogen) atoms. The average Bonchev–Trinajstić information content (AvgIpc) is 2.19. The fraction of sp³-hybridized carbons (Fsp3) is 0.200. The zero-order valence-corrected chi connectivity index (χ0v) is 7.43. The van der Waals surface area contributed by atoms with Gasteiger partial charge in [-0.25, -0.2) is 4.79 Å². The molecule has 1 rings (SSSR count). The Morgan fingerprint density at radius 2 is 2.07 bits per heavy atom. The average molecular weight is 191 g/mol. The summed E-state index contributed by atoms with van der Waals surface area (Å²) in [6.45, 7) is 0.0935. The first-order valence-electron chi connectivity index (χ1n) is 4.07. The van der Waals surface area contributed by atoms with E-state index < -0.39 is 5.97 Å². The van der Waals surface area contributed by atoms with Gasteiger partial charge in [0, 0.05) is 0 Å². The minimum atomic E-state index is -0.486. The molecule has 0 unspecified atom stereocenters. The summed E-state index contributed by atoms with van der Waals surface area (Å²) >= 11 is 0. The van der Waals surface area contributed by atoms with E-state index in [1.165, 1.54) is 24.3 Å². The number of hydrogen-bond acceptors (Lipinski definition) is 4. The van der Waals surface area contributed by atoms with E-state index >= 15 is 0 Å². The minimum absolute atomic E-state index is 0.0935. The van der Waals surface area contributed by atoms with Gasteiger partial charge in [-0.3, -0.25) is 0 Å². The van der Waals surface area contributed by atoms with Gasteiger partial charge in [0.25, 0.3) is 0 Å². The molecule has 0 aliphatic heterocycles. The van der Waals surface area contributed by atoms with Crippen molar-refractivity contribution in [3.63, 3.8) is 0 Å². The van der Waals surface area contributed by atoms with Crippen LogP contribution < -0.4 is 0 Å². The van der Waals surface area contributed by atoms with E-state index in [4.69, 9.17) is 15.1 Å². The molecule has 0 heterocycles. The molecule has 4 nitrogen and oxygen atoms in total. The number of nitriles is 1. The molecule has 72 valence electrons. The summed E-state index contributed by atoms with van der Waals surface area (Å²) in [4.78, 5) is 11.2. The predicted molar refractivity (Wildman–Crippen MR) is 48.6 cm³/mol. The maximum atomic E-state index is 11.2. The smallest absolute Gasteiger partial charge is 0.338 e. The van der Waals surface area contributed by atoms with Gasteiger partial charge in [-0.1, -0.05) is 0 Å². The second kappa shape index (κ2) is 4.87. The maximum Gasteiger partial charge on any atom is 0.338 e. The number of esters is 1. The second-order valence-electron chi connectivity index (χ2n) is 2.59. The first kappa shape index (κ1) is 10.1. The van der Waals surface area contributed by atoms with Crippen LogP contribution in [0.5, 0.6) is 5.75 Å². The van der Waals surface area contributed by atoms with E-state index in [-0.39, 0.29) is 18.8 Å². The Balaban J connectivity index is 2.53. The normalized spacial score (nSPS) is 9.07. The van der Waals surface area contributed by atoms with Crippen LogP contribution in [0.2, 0.25) is 0 Å². The highest BCUT2D eigenvalue weighted by molar-refractivity contribution is 5.89. The fourth-order valence-electron chi connectivity index (χ4n) is 0.870. The Kier molecular flexibility index (Phi) is 3.50. The van der Waals surface area contributed by atoms with Crippen LogP contribution in [0, 0.1) is 11.3 Å². The Labute approximate surface area is 81.4 Å². The molecule has 0 saturated heterocycles. The number of aromatic hydroxyl groups is 1. The van der Waals surface area contributed by atoms with Crippen molar-refractivity contribution in [3.8, 4) is 11.8 Å². The lowest BCUT2D eigenvalue weighted by Gasteiger charge is -2.01. The summed E-state index contributed by atoms with van der Waals surface area (Å²) in [7, 11) is 0. The van der Waals surface area contributed by atoms with E-state index in [0.717, 1.165) is 0 Å². The van der Waals surface area contributed by atoms with Gasteiger partial charge in [0.2, 0.25) is 0 Å². The number of nitrogens with zero attached hydrogens (tertiary/aromatic N) is 1. The number of hydrogen-bond donors (Lipinski definition) is 1. The van der Waals surface area contributed by atoms with Gasteiger partial charge >= 0.3 is 5.97 Å². The van der Waals surface area contributed by atoms with Crippen molar-refractivity contribution >= 4 is 5.97 Å². The van der Waals surface area contributed by atoms with Crippen LogP contribution in [-0.4, -0.2) is 17.7 Å². The van der Waals surface area contributed by atoms with Crippen molar-refractivity contribution in [2.75, 3.05) is 6.61 Å². The topological polar surface area (TPSA) is 70.3 Å². The molecule has 0 atom stereocenters. The highest BCUT2D eigenvalue weighted by Gasteiger charge is 2.05. The molecule has 0 spiro atoms. The van der Waals surface area contributed by atoms with E-state index in [1.54, 1.807) is 0 Å². The van der Waals surface area contributed by atoms with E-state index in [9.17, 15) is 4.79 Å². The van der Waals surface area contributed by atoms with Gasteiger partial charge < -0.3 is 9.84 Å². The monoisotopic (exact) mass is 191 g/mol. The second-order valence-corrected chi connectivity index (χ2v) is 2.59. The molecule has 0 aliphatic rings. The van der Waals surface area contributed by atoms with Crippen molar-refractivity contribution in [2.24, 2.45) is 0 Å². The van der Waals surface area contributed by atoms with Crippen LogP contribution in [0.4, 0.5) is 0 Å².